The van der Waals surface area contributed by atoms with Crippen molar-refractivity contribution >= 4 is 10.8 Å². The van der Waals surface area contributed by atoms with Crippen molar-refractivity contribution in [2.45, 2.75) is 37.3 Å². The van der Waals surface area contributed by atoms with Gasteiger partial charge in [0.1, 0.15) is 5.75 Å². The average molecular weight is 365 g/mol. The molecule has 0 bridgehead atoms. The molecule has 2 aliphatic rings. The maximum Gasteiger partial charge on any atom is 0.119 e. The Hall–Kier alpha value is -0.910. The SMILES string of the molecule is CC(C)CCN1CC(C)C(COc2ccc(S(=O)C3CNC3)cc2)C1. The number of nitrogens with one attached hydrogen (secondary N) is 1. The lowest BCUT2D eigenvalue weighted by molar-refractivity contribution is 0.223. The molecule has 0 amide bonds. The molecule has 0 aliphatic carbocycles. The van der Waals surface area contributed by atoms with Gasteiger partial charge < -0.3 is 15.0 Å². The summed E-state index contributed by atoms with van der Waals surface area (Å²) in [4.78, 5) is 3.49. The summed E-state index contributed by atoms with van der Waals surface area (Å²) in [5.41, 5.74) is 0. The highest BCUT2D eigenvalue weighted by Crippen LogP contribution is 2.25. The highest BCUT2D eigenvalue weighted by molar-refractivity contribution is 7.85. The monoisotopic (exact) mass is 364 g/mol. The molecule has 3 atom stereocenters. The highest BCUT2D eigenvalue weighted by atomic mass is 32.2. The molecular formula is C20H32N2O2S. The number of rotatable bonds is 8. The quantitative estimate of drug-likeness (QED) is 0.770. The fourth-order valence-electron chi connectivity index (χ4n) is 3.46. The standard InChI is InChI=1S/C20H32N2O2S/c1-15(2)8-9-22-12-16(3)17(13-22)14-24-18-4-6-19(7-5-18)25(23)20-10-21-11-20/h4-7,15-17,20-21H,8-14H2,1-3H3. The molecule has 2 saturated heterocycles. The van der Waals surface area contributed by atoms with Crippen LogP contribution in [0.3, 0.4) is 0 Å². The van der Waals surface area contributed by atoms with Crippen LogP contribution in [0.4, 0.5) is 0 Å². The molecule has 1 N–H and O–H groups in total. The third-order valence-electron chi connectivity index (χ3n) is 5.43. The van der Waals surface area contributed by atoms with Crippen molar-refractivity contribution in [2.24, 2.45) is 17.8 Å². The van der Waals surface area contributed by atoms with Gasteiger partial charge >= 0.3 is 0 Å². The molecule has 140 valence electrons. The van der Waals surface area contributed by atoms with Crippen molar-refractivity contribution in [3.05, 3.63) is 24.3 Å². The van der Waals surface area contributed by atoms with Gasteiger partial charge in [0.15, 0.2) is 0 Å². The van der Waals surface area contributed by atoms with E-state index in [9.17, 15) is 4.21 Å². The maximum absolute atomic E-state index is 12.3. The average Bonchev–Trinajstić information content (AvgIpc) is 2.90. The summed E-state index contributed by atoms with van der Waals surface area (Å²) in [5.74, 6) is 2.94. The van der Waals surface area contributed by atoms with Gasteiger partial charge in [-0.15, -0.1) is 0 Å². The van der Waals surface area contributed by atoms with Crippen LogP contribution in [-0.2, 0) is 10.8 Å². The van der Waals surface area contributed by atoms with Crippen LogP contribution in [0.2, 0.25) is 0 Å². The number of ether oxygens (including phenoxy) is 1. The molecule has 0 saturated carbocycles. The fourth-order valence-corrected chi connectivity index (χ4v) is 4.79. The summed E-state index contributed by atoms with van der Waals surface area (Å²) in [6, 6.07) is 7.85. The Morgan fingerprint density at radius 3 is 2.56 bits per heavy atom. The Labute approximate surface area is 154 Å². The van der Waals surface area contributed by atoms with Gasteiger partial charge in [-0.25, -0.2) is 0 Å². The van der Waals surface area contributed by atoms with E-state index in [-0.39, 0.29) is 5.25 Å². The molecule has 5 heteroatoms. The minimum absolute atomic E-state index is 0.267. The molecular weight excluding hydrogens is 332 g/mol. The van der Waals surface area contributed by atoms with Crippen LogP contribution in [0.15, 0.2) is 29.2 Å². The predicted octanol–water partition coefficient (Wildman–Crippen LogP) is 2.76. The second kappa shape index (κ2) is 8.65. The van der Waals surface area contributed by atoms with Crippen LogP contribution in [0.25, 0.3) is 0 Å². The first-order valence-corrected chi connectivity index (χ1v) is 10.8. The molecule has 2 aliphatic heterocycles. The van der Waals surface area contributed by atoms with Crippen LogP contribution in [0, 0.1) is 17.8 Å². The van der Waals surface area contributed by atoms with E-state index in [0.29, 0.717) is 11.8 Å². The van der Waals surface area contributed by atoms with E-state index >= 15 is 0 Å². The van der Waals surface area contributed by atoms with Gasteiger partial charge in [-0.3, -0.25) is 4.21 Å². The summed E-state index contributed by atoms with van der Waals surface area (Å²) in [7, 11) is -0.897. The van der Waals surface area contributed by atoms with Crippen LogP contribution in [0.1, 0.15) is 27.2 Å². The number of likely N-dealkylation sites (tertiary alicyclic amines) is 1. The molecule has 4 nitrogen and oxygen atoms in total. The van der Waals surface area contributed by atoms with E-state index in [2.05, 4.69) is 31.0 Å². The van der Waals surface area contributed by atoms with Crippen LogP contribution in [0.5, 0.6) is 5.75 Å². The smallest absolute Gasteiger partial charge is 0.119 e. The molecule has 2 fully saturated rings. The summed E-state index contributed by atoms with van der Waals surface area (Å²) in [6.07, 6.45) is 1.27. The van der Waals surface area contributed by atoms with Gasteiger partial charge in [-0.1, -0.05) is 20.8 Å². The summed E-state index contributed by atoms with van der Waals surface area (Å²) >= 11 is 0. The Morgan fingerprint density at radius 1 is 1.24 bits per heavy atom. The van der Waals surface area contributed by atoms with E-state index in [1.54, 1.807) is 0 Å². The van der Waals surface area contributed by atoms with Crippen molar-refractivity contribution in [2.75, 3.05) is 39.3 Å². The topological polar surface area (TPSA) is 41.6 Å². The maximum atomic E-state index is 12.3. The Balaban J connectivity index is 1.46. The first-order chi connectivity index (χ1) is 12.0. The lowest BCUT2D eigenvalue weighted by Gasteiger charge is -2.26. The third kappa shape index (κ3) is 5.05. The van der Waals surface area contributed by atoms with Crippen molar-refractivity contribution in [1.29, 1.82) is 0 Å². The molecule has 2 heterocycles. The normalized spacial score (nSPS) is 25.9. The highest BCUT2D eigenvalue weighted by Gasteiger charge is 2.30. The van der Waals surface area contributed by atoms with Gasteiger partial charge in [0.25, 0.3) is 0 Å². The number of hydrogen-bond acceptors (Lipinski definition) is 4. The molecule has 3 rings (SSSR count). The lowest BCUT2D eigenvalue weighted by Crippen LogP contribution is -2.49. The van der Waals surface area contributed by atoms with Gasteiger partial charge in [-0.2, -0.15) is 0 Å². The van der Waals surface area contributed by atoms with Crippen molar-refractivity contribution < 1.29 is 8.95 Å². The summed E-state index contributed by atoms with van der Waals surface area (Å²) < 4.78 is 18.4. The van der Waals surface area contributed by atoms with E-state index < -0.39 is 10.8 Å². The zero-order chi connectivity index (χ0) is 17.8. The van der Waals surface area contributed by atoms with Crippen LogP contribution < -0.4 is 10.1 Å². The summed E-state index contributed by atoms with van der Waals surface area (Å²) in [5, 5.41) is 3.44. The van der Waals surface area contributed by atoms with Crippen molar-refractivity contribution in [1.82, 2.24) is 10.2 Å². The first-order valence-electron chi connectivity index (χ1n) is 9.59. The van der Waals surface area contributed by atoms with E-state index in [4.69, 9.17) is 4.74 Å². The molecule has 1 aromatic carbocycles. The molecule has 0 spiro atoms. The predicted molar refractivity (Wildman–Crippen MR) is 104 cm³/mol. The van der Waals surface area contributed by atoms with Gasteiger partial charge in [0.05, 0.1) is 22.7 Å². The number of benzene rings is 1. The Kier molecular flexibility index (Phi) is 6.53. The second-order valence-corrected chi connectivity index (χ2v) is 9.77. The number of hydrogen-bond donors (Lipinski definition) is 1. The Bertz CT molecular complexity index is 572. The van der Waals surface area contributed by atoms with Crippen LogP contribution >= 0.6 is 0 Å². The lowest BCUT2D eigenvalue weighted by atomic mass is 9.99. The number of nitrogens with zero attached hydrogens (tertiary/aromatic N) is 1. The minimum Gasteiger partial charge on any atom is -0.493 e. The fraction of sp³-hybridized carbons (Fsp3) is 0.700. The molecule has 0 aromatic heterocycles. The van der Waals surface area contributed by atoms with Crippen molar-refractivity contribution in [3.63, 3.8) is 0 Å². The first kappa shape index (κ1) is 18.9. The third-order valence-corrected chi connectivity index (χ3v) is 7.11. The van der Waals surface area contributed by atoms with E-state index in [1.165, 1.54) is 19.5 Å². The molecule has 25 heavy (non-hydrogen) atoms. The van der Waals surface area contributed by atoms with Gasteiger partial charge in [0.2, 0.25) is 0 Å². The molecule has 3 unspecified atom stereocenters. The molecule has 1 aromatic rings. The zero-order valence-corrected chi connectivity index (χ0v) is 16.6. The van der Waals surface area contributed by atoms with Crippen molar-refractivity contribution in [3.8, 4) is 5.75 Å². The minimum atomic E-state index is -0.897. The largest absolute Gasteiger partial charge is 0.493 e. The van der Waals surface area contributed by atoms with E-state index in [1.807, 2.05) is 24.3 Å². The van der Waals surface area contributed by atoms with E-state index in [0.717, 1.165) is 42.8 Å². The van der Waals surface area contributed by atoms with Crippen LogP contribution in [-0.4, -0.2) is 53.7 Å². The second-order valence-electron chi connectivity index (χ2n) is 8.04. The summed E-state index contributed by atoms with van der Waals surface area (Å²) in [6.45, 7) is 12.9. The van der Waals surface area contributed by atoms with Gasteiger partial charge in [-0.05, 0) is 49.1 Å². The Morgan fingerprint density at radius 2 is 1.96 bits per heavy atom. The molecule has 0 radical (unpaired) electrons. The van der Waals surface area contributed by atoms with Gasteiger partial charge in [0, 0.05) is 37.0 Å². The zero-order valence-electron chi connectivity index (χ0n) is 15.7.